The minimum atomic E-state index is -0.284. The molecule has 0 spiro atoms. The van der Waals surface area contributed by atoms with Gasteiger partial charge >= 0.3 is 0 Å². The summed E-state index contributed by atoms with van der Waals surface area (Å²) < 4.78 is 2.06. The summed E-state index contributed by atoms with van der Waals surface area (Å²) in [6.07, 6.45) is 0.118. The van der Waals surface area contributed by atoms with Gasteiger partial charge in [-0.3, -0.25) is 4.79 Å². The molecule has 0 rings (SSSR count). The first-order valence-corrected chi connectivity index (χ1v) is 2.48. The van der Waals surface area contributed by atoms with Crippen molar-refractivity contribution >= 4 is 18.7 Å². The molecule has 0 aliphatic carbocycles. The second-order valence-electron chi connectivity index (χ2n) is 1.14. The molecule has 0 aromatic carbocycles. The van der Waals surface area contributed by atoms with Gasteiger partial charge in [0.05, 0.1) is 13.0 Å². The van der Waals surface area contributed by atoms with E-state index in [-0.39, 0.29) is 18.9 Å². The number of carbonyl (C=O) groups excluding carboxylic acids is 1. The van der Waals surface area contributed by atoms with Crippen LogP contribution in [0.5, 0.6) is 0 Å². The van der Waals surface area contributed by atoms with E-state index in [4.69, 9.17) is 0 Å². The summed E-state index contributed by atoms with van der Waals surface area (Å²) in [6.45, 7) is 0.0202. The molecule has 0 aliphatic rings. The zero-order chi connectivity index (χ0) is 6.41. The van der Waals surface area contributed by atoms with E-state index in [1.165, 1.54) is 0 Å². The summed E-state index contributed by atoms with van der Waals surface area (Å²) >= 11 is 3.45. The molecule has 0 radical (unpaired) electrons. The van der Waals surface area contributed by atoms with Crippen molar-refractivity contribution in [1.29, 1.82) is 0 Å². The average molecular weight is 134 g/mol. The van der Waals surface area contributed by atoms with E-state index in [0.29, 0.717) is 0 Å². The maximum Gasteiger partial charge on any atom is 0.231 e. The molecule has 4 nitrogen and oxygen atoms in total. The van der Waals surface area contributed by atoms with Crippen molar-refractivity contribution in [1.82, 2.24) is 4.72 Å². The summed E-state index contributed by atoms with van der Waals surface area (Å²) in [4.78, 5) is 19.6. The summed E-state index contributed by atoms with van der Waals surface area (Å²) in [6, 6.07) is 0. The van der Waals surface area contributed by atoms with Gasteiger partial charge in [0.15, 0.2) is 0 Å². The average Bonchev–Trinajstić information content (AvgIpc) is 1.83. The number of carbonyl (C=O) groups is 1. The maximum atomic E-state index is 10.2. The molecule has 0 bridgehead atoms. The molecule has 0 aromatic heterocycles. The second kappa shape index (κ2) is 4.58. The highest BCUT2D eigenvalue weighted by atomic mass is 32.1. The topological polar surface area (TPSA) is 58.5 Å². The fourth-order valence-corrected chi connectivity index (χ4v) is 0.315. The number of hydrogen-bond donors (Lipinski definition) is 2. The third-order valence-corrected chi connectivity index (χ3v) is 0.804. The number of rotatable bonds is 3. The van der Waals surface area contributed by atoms with Gasteiger partial charge in [0.1, 0.15) is 0 Å². The van der Waals surface area contributed by atoms with Crippen LogP contribution < -0.4 is 4.72 Å². The van der Waals surface area contributed by atoms with Gasteiger partial charge < -0.3 is 4.72 Å². The molecule has 0 saturated heterocycles. The number of amides is 1. The predicted octanol–water partition coefficient (Wildman–Crippen LogP) is 0.104. The van der Waals surface area contributed by atoms with Gasteiger partial charge in [-0.1, -0.05) is 18.0 Å². The Morgan fingerprint density at radius 1 is 1.75 bits per heavy atom. The first-order valence-electron chi connectivity index (χ1n) is 2.03. The summed E-state index contributed by atoms with van der Waals surface area (Å²) in [5.41, 5.74) is 0. The third-order valence-electron chi connectivity index (χ3n) is 0.555. The summed E-state index contributed by atoms with van der Waals surface area (Å²) in [5, 5.41) is 2.48. The molecule has 0 aliphatic heterocycles. The Morgan fingerprint density at radius 3 is 2.75 bits per heavy atom. The Morgan fingerprint density at radius 2 is 2.38 bits per heavy atom. The minimum absolute atomic E-state index is 0.0202. The van der Waals surface area contributed by atoms with Gasteiger partial charge in [-0.15, -0.1) is 0 Å². The van der Waals surface area contributed by atoms with Crippen LogP contribution in [-0.4, -0.2) is 12.5 Å². The molecule has 0 heterocycles. The van der Waals surface area contributed by atoms with E-state index >= 15 is 0 Å². The zero-order valence-electron chi connectivity index (χ0n) is 4.13. The van der Waals surface area contributed by atoms with Crippen LogP contribution >= 0.6 is 12.8 Å². The molecule has 0 unspecified atom stereocenters. The Kier molecular flexibility index (Phi) is 4.24. The maximum absolute atomic E-state index is 10.2. The van der Waals surface area contributed by atoms with Crippen molar-refractivity contribution in [2.45, 2.75) is 6.42 Å². The van der Waals surface area contributed by atoms with E-state index in [0.717, 1.165) is 0 Å². The zero-order valence-corrected chi connectivity index (χ0v) is 5.02. The van der Waals surface area contributed by atoms with Gasteiger partial charge in [0, 0.05) is 0 Å². The van der Waals surface area contributed by atoms with Crippen molar-refractivity contribution in [3.63, 3.8) is 0 Å². The lowest BCUT2D eigenvalue weighted by Crippen LogP contribution is -2.12. The quantitative estimate of drug-likeness (QED) is 0.425. The normalized spacial score (nSPS) is 8.12. The predicted molar refractivity (Wildman–Crippen MR) is 32.4 cm³/mol. The Bertz CT molecular complexity index is 95.3. The van der Waals surface area contributed by atoms with Gasteiger partial charge in [0.25, 0.3) is 0 Å². The van der Waals surface area contributed by atoms with Gasteiger partial charge in [-0.2, -0.15) is 4.91 Å². The van der Waals surface area contributed by atoms with Crippen molar-refractivity contribution in [2.24, 2.45) is 5.18 Å². The second-order valence-corrected chi connectivity index (χ2v) is 1.36. The van der Waals surface area contributed by atoms with E-state index in [9.17, 15) is 9.70 Å². The van der Waals surface area contributed by atoms with Crippen LogP contribution in [0.2, 0.25) is 0 Å². The lowest BCUT2D eigenvalue weighted by molar-refractivity contribution is -0.118. The van der Waals surface area contributed by atoms with Crippen LogP contribution in [0.4, 0.5) is 0 Å². The van der Waals surface area contributed by atoms with Crippen LogP contribution in [0.15, 0.2) is 5.18 Å². The standard InChI is InChI=1S/C3H6N2O2S/c6-3(5-8)1-2-4-7/h8H,1-2H2,(H,5,6). The molecule has 8 heavy (non-hydrogen) atoms. The van der Waals surface area contributed by atoms with Crippen LogP contribution in [0.25, 0.3) is 0 Å². The Labute approximate surface area is 52.2 Å². The van der Waals surface area contributed by atoms with Crippen molar-refractivity contribution in [3.8, 4) is 0 Å². The monoisotopic (exact) mass is 134 g/mol. The van der Waals surface area contributed by atoms with E-state index < -0.39 is 0 Å². The summed E-state index contributed by atoms with van der Waals surface area (Å²) in [5.74, 6) is -0.284. The van der Waals surface area contributed by atoms with Gasteiger partial charge in [0.2, 0.25) is 5.91 Å². The molecule has 0 atom stereocenters. The molecule has 1 amide bonds. The highest BCUT2D eigenvalue weighted by molar-refractivity contribution is 7.78. The molecular weight excluding hydrogens is 128 g/mol. The molecule has 0 saturated carbocycles. The molecule has 46 valence electrons. The lowest BCUT2D eigenvalue weighted by atomic mass is 10.4. The molecule has 0 fully saturated rings. The fourth-order valence-electron chi connectivity index (χ4n) is 0.203. The molecule has 5 heteroatoms. The molecule has 0 aromatic rings. The van der Waals surface area contributed by atoms with E-state index in [1.54, 1.807) is 0 Å². The smallest absolute Gasteiger partial charge is 0.231 e. The van der Waals surface area contributed by atoms with Crippen molar-refractivity contribution < 1.29 is 4.79 Å². The third kappa shape index (κ3) is 3.60. The number of nitrogens with one attached hydrogen (secondary N) is 1. The first kappa shape index (κ1) is 7.42. The minimum Gasteiger partial charge on any atom is -0.303 e. The van der Waals surface area contributed by atoms with Crippen LogP contribution in [0.3, 0.4) is 0 Å². The summed E-state index contributed by atoms with van der Waals surface area (Å²) in [7, 11) is 0. The number of nitrogens with zero attached hydrogens (tertiary/aromatic N) is 1. The van der Waals surface area contributed by atoms with E-state index in [1.807, 2.05) is 0 Å². The van der Waals surface area contributed by atoms with Crippen molar-refractivity contribution in [3.05, 3.63) is 4.91 Å². The highest BCUT2D eigenvalue weighted by Gasteiger charge is 1.94. The Balaban J connectivity index is 3.11. The van der Waals surface area contributed by atoms with Crippen LogP contribution in [-0.2, 0) is 4.79 Å². The number of hydrogen-bond acceptors (Lipinski definition) is 4. The van der Waals surface area contributed by atoms with E-state index in [2.05, 4.69) is 22.7 Å². The highest BCUT2D eigenvalue weighted by Crippen LogP contribution is 1.79. The van der Waals surface area contributed by atoms with Crippen LogP contribution in [0, 0.1) is 4.91 Å². The largest absolute Gasteiger partial charge is 0.303 e. The van der Waals surface area contributed by atoms with Crippen molar-refractivity contribution in [2.75, 3.05) is 6.54 Å². The first-order chi connectivity index (χ1) is 3.81. The van der Waals surface area contributed by atoms with Crippen LogP contribution in [0.1, 0.15) is 6.42 Å². The van der Waals surface area contributed by atoms with Gasteiger partial charge in [-0.05, 0) is 0 Å². The SMILES string of the molecule is O=NCCC(=O)NS. The molecule has 1 N–H and O–H groups in total. The van der Waals surface area contributed by atoms with Gasteiger partial charge in [-0.25, -0.2) is 0 Å². The molecular formula is C3H6N2O2S. The lowest BCUT2D eigenvalue weighted by Gasteiger charge is -1.89. The number of nitroso groups, excluding NO2 is 1. The number of thiol groups is 1. The Hall–Kier alpha value is -0.580. The fraction of sp³-hybridized carbons (Fsp3) is 0.667.